The van der Waals surface area contributed by atoms with Crippen molar-refractivity contribution in [3.63, 3.8) is 0 Å². The first-order chi connectivity index (χ1) is 6.04. The second-order valence-electron chi connectivity index (χ2n) is 4.69. The Kier molecular flexibility index (Phi) is 3.36. The van der Waals surface area contributed by atoms with Crippen LogP contribution >= 0.6 is 0 Å². The van der Waals surface area contributed by atoms with Gasteiger partial charge in [0.1, 0.15) is 0 Å². The van der Waals surface area contributed by atoms with Crippen molar-refractivity contribution in [3.05, 3.63) is 0 Å². The predicted molar refractivity (Wildman–Crippen MR) is 53.6 cm³/mol. The average Bonchev–Trinajstić information content (AvgIpc) is 2.46. The zero-order valence-corrected chi connectivity index (χ0v) is 9.21. The van der Waals surface area contributed by atoms with Crippen LogP contribution < -0.4 is 0 Å². The van der Waals surface area contributed by atoms with Crippen LogP contribution in [-0.4, -0.2) is 24.4 Å². The van der Waals surface area contributed by atoms with Crippen LogP contribution in [0.25, 0.3) is 0 Å². The lowest BCUT2D eigenvalue weighted by Gasteiger charge is -2.38. The second kappa shape index (κ2) is 3.97. The van der Waals surface area contributed by atoms with Crippen LogP contribution in [0.3, 0.4) is 0 Å². The average molecular weight is 186 g/mol. The van der Waals surface area contributed by atoms with Gasteiger partial charge in [0.15, 0.2) is 0 Å². The summed E-state index contributed by atoms with van der Waals surface area (Å²) >= 11 is 0. The van der Waals surface area contributed by atoms with Gasteiger partial charge in [0, 0.05) is 12.0 Å². The molecule has 1 rings (SSSR count). The molecule has 0 aromatic rings. The minimum atomic E-state index is 0.00810. The van der Waals surface area contributed by atoms with E-state index in [4.69, 9.17) is 4.74 Å². The molecule has 0 aromatic heterocycles. The van der Waals surface area contributed by atoms with E-state index in [-0.39, 0.29) is 18.1 Å². The molecule has 0 aromatic carbocycles. The van der Waals surface area contributed by atoms with Gasteiger partial charge < -0.3 is 9.84 Å². The van der Waals surface area contributed by atoms with Crippen molar-refractivity contribution in [3.8, 4) is 0 Å². The van der Waals surface area contributed by atoms with Gasteiger partial charge >= 0.3 is 0 Å². The summed E-state index contributed by atoms with van der Waals surface area (Å²) in [6, 6.07) is 0. The SMILES string of the molecule is CC(C)C(C)C1(CO)CCOC1C. The van der Waals surface area contributed by atoms with Crippen LogP contribution in [-0.2, 0) is 4.74 Å². The smallest absolute Gasteiger partial charge is 0.0628 e. The molecular weight excluding hydrogens is 164 g/mol. The van der Waals surface area contributed by atoms with Gasteiger partial charge in [0.2, 0.25) is 0 Å². The summed E-state index contributed by atoms with van der Waals surface area (Å²) in [6.07, 6.45) is 1.21. The monoisotopic (exact) mass is 186 g/mol. The number of aliphatic hydroxyl groups is 1. The van der Waals surface area contributed by atoms with E-state index in [1.807, 2.05) is 0 Å². The standard InChI is InChI=1S/C11H22O2/c1-8(2)9(3)11(7-12)5-6-13-10(11)4/h8-10,12H,5-7H2,1-4H3. The predicted octanol–water partition coefficient (Wildman–Crippen LogP) is 2.07. The first-order valence-electron chi connectivity index (χ1n) is 5.27. The molecule has 1 N–H and O–H groups in total. The number of ether oxygens (including phenoxy) is 1. The summed E-state index contributed by atoms with van der Waals surface area (Å²) in [5.41, 5.74) is 0.00810. The lowest BCUT2D eigenvalue weighted by Crippen LogP contribution is -2.41. The number of hydrogen-bond donors (Lipinski definition) is 1. The van der Waals surface area contributed by atoms with Crippen molar-refractivity contribution in [1.29, 1.82) is 0 Å². The van der Waals surface area contributed by atoms with Crippen molar-refractivity contribution < 1.29 is 9.84 Å². The molecule has 1 aliphatic rings. The van der Waals surface area contributed by atoms with Crippen molar-refractivity contribution >= 4 is 0 Å². The van der Waals surface area contributed by atoms with Gasteiger partial charge in [-0.1, -0.05) is 20.8 Å². The van der Waals surface area contributed by atoms with Crippen LogP contribution in [0.4, 0.5) is 0 Å². The van der Waals surface area contributed by atoms with Gasteiger partial charge in [-0.2, -0.15) is 0 Å². The Labute approximate surface area is 81.3 Å². The molecule has 0 saturated carbocycles. The summed E-state index contributed by atoms with van der Waals surface area (Å²) in [6.45, 7) is 9.81. The quantitative estimate of drug-likeness (QED) is 0.731. The Balaban J connectivity index is 2.79. The maximum Gasteiger partial charge on any atom is 0.0628 e. The first-order valence-corrected chi connectivity index (χ1v) is 5.27. The van der Waals surface area contributed by atoms with E-state index in [0.717, 1.165) is 13.0 Å². The van der Waals surface area contributed by atoms with Gasteiger partial charge in [-0.05, 0) is 25.2 Å². The summed E-state index contributed by atoms with van der Waals surface area (Å²) < 4.78 is 5.57. The minimum absolute atomic E-state index is 0.00810. The molecule has 3 atom stereocenters. The fourth-order valence-corrected chi connectivity index (χ4v) is 2.41. The highest BCUT2D eigenvalue weighted by Gasteiger charge is 2.46. The van der Waals surface area contributed by atoms with Gasteiger partial charge in [-0.3, -0.25) is 0 Å². The fourth-order valence-electron chi connectivity index (χ4n) is 2.41. The van der Waals surface area contributed by atoms with Crippen molar-refractivity contribution in [1.82, 2.24) is 0 Å². The highest BCUT2D eigenvalue weighted by atomic mass is 16.5. The maximum atomic E-state index is 9.53. The summed E-state index contributed by atoms with van der Waals surface area (Å²) in [4.78, 5) is 0. The van der Waals surface area contributed by atoms with E-state index >= 15 is 0 Å². The van der Waals surface area contributed by atoms with Gasteiger partial charge in [0.25, 0.3) is 0 Å². The van der Waals surface area contributed by atoms with Crippen molar-refractivity contribution in [2.75, 3.05) is 13.2 Å². The third-order valence-electron chi connectivity index (χ3n) is 3.95. The topological polar surface area (TPSA) is 29.5 Å². The Morgan fingerprint density at radius 3 is 2.38 bits per heavy atom. The first kappa shape index (κ1) is 11.0. The molecule has 1 heterocycles. The molecular formula is C11H22O2. The molecule has 0 radical (unpaired) electrons. The van der Waals surface area contributed by atoms with E-state index in [1.54, 1.807) is 0 Å². The van der Waals surface area contributed by atoms with Gasteiger partial charge in [-0.25, -0.2) is 0 Å². The zero-order chi connectivity index (χ0) is 10.1. The van der Waals surface area contributed by atoms with Crippen LogP contribution in [0, 0.1) is 17.3 Å². The van der Waals surface area contributed by atoms with E-state index in [9.17, 15) is 5.11 Å². The highest BCUT2D eigenvalue weighted by molar-refractivity contribution is 4.93. The molecule has 2 nitrogen and oxygen atoms in total. The molecule has 1 saturated heterocycles. The molecule has 3 unspecified atom stereocenters. The number of hydrogen-bond acceptors (Lipinski definition) is 2. The van der Waals surface area contributed by atoms with Crippen molar-refractivity contribution in [2.45, 2.75) is 40.2 Å². The third kappa shape index (κ3) is 1.75. The molecule has 0 bridgehead atoms. The van der Waals surface area contributed by atoms with E-state index < -0.39 is 0 Å². The van der Waals surface area contributed by atoms with Crippen LogP contribution in [0.15, 0.2) is 0 Å². The second-order valence-corrected chi connectivity index (χ2v) is 4.69. The zero-order valence-electron chi connectivity index (χ0n) is 9.21. The molecule has 1 aliphatic heterocycles. The lowest BCUT2D eigenvalue weighted by molar-refractivity contribution is -0.0205. The van der Waals surface area contributed by atoms with Gasteiger partial charge in [-0.15, -0.1) is 0 Å². The minimum Gasteiger partial charge on any atom is -0.396 e. The number of aliphatic hydroxyl groups excluding tert-OH is 1. The van der Waals surface area contributed by atoms with Crippen LogP contribution in [0.5, 0.6) is 0 Å². The van der Waals surface area contributed by atoms with E-state index in [0.29, 0.717) is 11.8 Å². The highest BCUT2D eigenvalue weighted by Crippen LogP contribution is 2.44. The summed E-state index contributed by atoms with van der Waals surface area (Å²) in [5.74, 6) is 1.13. The Hall–Kier alpha value is -0.0800. The maximum absolute atomic E-state index is 9.53. The summed E-state index contributed by atoms with van der Waals surface area (Å²) in [5, 5.41) is 9.53. The van der Waals surface area contributed by atoms with Crippen LogP contribution in [0.1, 0.15) is 34.1 Å². The fraction of sp³-hybridized carbons (Fsp3) is 1.00. The Bertz CT molecular complexity index is 167. The Morgan fingerprint density at radius 2 is 2.08 bits per heavy atom. The largest absolute Gasteiger partial charge is 0.396 e. The third-order valence-corrected chi connectivity index (χ3v) is 3.95. The molecule has 1 fully saturated rings. The van der Waals surface area contributed by atoms with Crippen LogP contribution in [0.2, 0.25) is 0 Å². The molecule has 78 valence electrons. The lowest BCUT2D eigenvalue weighted by atomic mass is 9.68. The summed E-state index contributed by atoms with van der Waals surface area (Å²) in [7, 11) is 0. The normalized spacial score (nSPS) is 36.9. The van der Waals surface area contributed by atoms with E-state index in [2.05, 4.69) is 27.7 Å². The molecule has 13 heavy (non-hydrogen) atoms. The molecule has 0 amide bonds. The van der Waals surface area contributed by atoms with Gasteiger partial charge in [0.05, 0.1) is 12.7 Å². The van der Waals surface area contributed by atoms with E-state index in [1.165, 1.54) is 0 Å². The molecule has 0 spiro atoms. The molecule has 0 aliphatic carbocycles. The number of rotatable bonds is 3. The Morgan fingerprint density at radius 1 is 1.46 bits per heavy atom. The van der Waals surface area contributed by atoms with Crippen molar-refractivity contribution in [2.24, 2.45) is 17.3 Å². The molecule has 2 heteroatoms.